The number of anilines is 1. The number of hydrogen-bond acceptors (Lipinski definition) is 3. The van der Waals surface area contributed by atoms with E-state index in [0.29, 0.717) is 24.5 Å². The van der Waals surface area contributed by atoms with Gasteiger partial charge in [-0.15, -0.1) is 0 Å². The van der Waals surface area contributed by atoms with Crippen molar-refractivity contribution in [3.05, 3.63) is 29.8 Å². The van der Waals surface area contributed by atoms with E-state index in [0.717, 1.165) is 12.8 Å². The summed E-state index contributed by atoms with van der Waals surface area (Å²) in [4.78, 5) is 23.3. The van der Waals surface area contributed by atoms with Crippen molar-refractivity contribution in [3.63, 3.8) is 0 Å². The molecule has 0 aromatic heterocycles. The maximum atomic E-state index is 12.3. The Hall–Kier alpha value is -1.88. The number of carboxylic acids is 1. The first-order chi connectivity index (χ1) is 9.92. The monoisotopic (exact) mass is 291 g/mol. The molecule has 1 aromatic rings. The van der Waals surface area contributed by atoms with Crippen molar-refractivity contribution < 1.29 is 19.4 Å². The molecule has 1 aliphatic heterocycles. The molecule has 1 aliphatic rings. The second-order valence-electron chi connectivity index (χ2n) is 5.85. The number of rotatable bonds is 4. The van der Waals surface area contributed by atoms with E-state index in [1.807, 2.05) is 6.92 Å². The molecule has 2 atom stereocenters. The Morgan fingerprint density at radius 1 is 1.33 bits per heavy atom. The highest BCUT2D eigenvalue weighted by Gasteiger charge is 2.35. The molecule has 21 heavy (non-hydrogen) atoms. The van der Waals surface area contributed by atoms with Gasteiger partial charge >= 0.3 is 5.97 Å². The molecule has 114 valence electrons. The minimum absolute atomic E-state index is 0.0544. The number of carbonyl (C=O) groups excluding carboxylic acids is 1. The molecule has 0 saturated carbocycles. The van der Waals surface area contributed by atoms with E-state index in [1.165, 1.54) is 0 Å². The minimum atomic E-state index is -0.862. The molecule has 1 aromatic carbocycles. The Morgan fingerprint density at radius 3 is 2.52 bits per heavy atom. The molecule has 0 bridgehead atoms. The van der Waals surface area contributed by atoms with Crippen LogP contribution in [-0.4, -0.2) is 30.2 Å². The topological polar surface area (TPSA) is 75.6 Å². The van der Waals surface area contributed by atoms with Gasteiger partial charge in [-0.1, -0.05) is 12.1 Å². The summed E-state index contributed by atoms with van der Waals surface area (Å²) in [7, 11) is 0. The van der Waals surface area contributed by atoms with Crippen LogP contribution < -0.4 is 5.32 Å². The lowest BCUT2D eigenvalue weighted by Crippen LogP contribution is -2.40. The molecule has 2 unspecified atom stereocenters. The van der Waals surface area contributed by atoms with Gasteiger partial charge in [0.05, 0.1) is 17.9 Å². The fraction of sp³-hybridized carbons (Fsp3) is 0.500. The highest BCUT2D eigenvalue weighted by Crippen LogP contribution is 2.29. The van der Waals surface area contributed by atoms with Crippen molar-refractivity contribution in [3.8, 4) is 0 Å². The molecular formula is C16H21NO4. The summed E-state index contributed by atoms with van der Waals surface area (Å²) in [6, 6.07) is 6.93. The second-order valence-corrected chi connectivity index (χ2v) is 5.85. The van der Waals surface area contributed by atoms with E-state index >= 15 is 0 Å². The zero-order chi connectivity index (χ0) is 15.5. The maximum Gasteiger partial charge on any atom is 0.310 e. The van der Waals surface area contributed by atoms with Gasteiger partial charge in [0.15, 0.2) is 0 Å². The first kappa shape index (κ1) is 15.5. The van der Waals surface area contributed by atoms with Crippen LogP contribution >= 0.6 is 0 Å². The van der Waals surface area contributed by atoms with E-state index in [2.05, 4.69) is 5.32 Å². The lowest BCUT2D eigenvalue weighted by molar-refractivity contribution is -0.138. The molecule has 5 heteroatoms. The van der Waals surface area contributed by atoms with Crippen molar-refractivity contribution in [2.75, 3.05) is 18.5 Å². The van der Waals surface area contributed by atoms with Crippen LogP contribution in [0.4, 0.5) is 5.69 Å². The predicted octanol–water partition coefficient (Wildman–Crippen LogP) is 2.63. The number of carboxylic acid groups (broad SMARTS) is 1. The van der Waals surface area contributed by atoms with Gasteiger partial charge in [0.1, 0.15) is 0 Å². The Bertz CT molecular complexity index is 518. The lowest BCUT2D eigenvalue weighted by Gasteiger charge is -2.31. The summed E-state index contributed by atoms with van der Waals surface area (Å²) in [6.45, 7) is 4.69. The smallest absolute Gasteiger partial charge is 0.310 e. The van der Waals surface area contributed by atoms with Gasteiger partial charge in [-0.2, -0.15) is 0 Å². The van der Waals surface area contributed by atoms with Crippen molar-refractivity contribution in [1.82, 2.24) is 0 Å². The summed E-state index contributed by atoms with van der Waals surface area (Å²) in [5.74, 6) is -1.47. The molecule has 0 spiro atoms. The van der Waals surface area contributed by atoms with Crippen molar-refractivity contribution >= 4 is 17.6 Å². The van der Waals surface area contributed by atoms with Gasteiger partial charge in [-0.3, -0.25) is 9.59 Å². The number of aliphatic carboxylic acids is 1. The van der Waals surface area contributed by atoms with Crippen LogP contribution in [0.5, 0.6) is 0 Å². The average Bonchev–Trinajstić information content (AvgIpc) is 2.48. The number of carbonyl (C=O) groups is 2. The normalized spacial score (nSPS) is 23.3. The minimum Gasteiger partial charge on any atom is -0.481 e. The van der Waals surface area contributed by atoms with Crippen LogP contribution in [0.2, 0.25) is 0 Å². The van der Waals surface area contributed by atoms with Gasteiger partial charge < -0.3 is 15.2 Å². The van der Waals surface area contributed by atoms with E-state index in [4.69, 9.17) is 9.84 Å². The standard InChI is InChI=1S/C16H21NO4/c1-11(14(18)19)12-4-6-13(7-5-12)17-15(20)16(2)8-3-9-21-10-16/h4-7,11H,3,8-10H2,1-2H3,(H,17,20)(H,18,19). The summed E-state index contributed by atoms with van der Waals surface area (Å²) >= 11 is 0. The maximum absolute atomic E-state index is 12.3. The van der Waals surface area contributed by atoms with Crippen LogP contribution in [0.15, 0.2) is 24.3 Å². The molecular weight excluding hydrogens is 270 g/mol. The van der Waals surface area contributed by atoms with Crippen molar-refractivity contribution in [2.45, 2.75) is 32.6 Å². The van der Waals surface area contributed by atoms with Crippen LogP contribution in [0.3, 0.4) is 0 Å². The number of benzene rings is 1. The van der Waals surface area contributed by atoms with E-state index in [-0.39, 0.29) is 5.91 Å². The summed E-state index contributed by atoms with van der Waals surface area (Å²) < 4.78 is 5.39. The molecule has 2 N–H and O–H groups in total. The highest BCUT2D eigenvalue weighted by molar-refractivity contribution is 5.95. The highest BCUT2D eigenvalue weighted by atomic mass is 16.5. The predicted molar refractivity (Wildman–Crippen MR) is 79.3 cm³/mol. The number of hydrogen-bond donors (Lipinski definition) is 2. The Balaban J connectivity index is 2.03. The van der Waals surface area contributed by atoms with Crippen molar-refractivity contribution in [2.24, 2.45) is 5.41 Å². The van der Waals surface area contributed by atoms with Crippen LogP contribution in [0.25, 0.3) is 0 Å². The summed E-state index contributed by atoms with van der Waals surface area (Å²) in [5, 5.41) is 11.9. The SMILES string of the molecule is CC(C(=O)O)c1ccc(NC(=O)C2(C)CCCOC2)cc1. The lowest BCUT2D eigenvalue weighted by atomic mass is 9.84. The van der Waals surface area contributed by atoms with E-state index in [1.54, 1.807) is 31.2 Å². The molecule has 2 rings (SSSR count). The van der Waals surface area contributed by atoms with Gasteiger partial charge in [0.25, 0.3) is 0 Å². The number of ether oxygens (including phenoxy) is 1. The first-order valence-electron chi connectivity index (χ1n) is 7.14. The first-order valence-corrected chi connectivity index (χ1v) is 7.14. The molecule has 1 saturated heterocycles. The summed E-state index contributed by atoms with van der Waals surface area (Å²) in [5.41, 5.74) is 0.895. The van der Waals surface area contributed by atoms with Crippen LogP contribution in [0, 0.1) is 5.41 Å². The van der Waals surface area contributed by atoms with Gasteiger partial charge in [-0.25, -0.2) is 0 Å². The molecule has 0 radical (unpaired) electrons. The number of nitrogens with one attached hydrogen (secondary N) is 1. The fourth-order valence-corrected chi connectivity index (χ4v) is 2.39. The second kappa shape index (κ2) is 6.26. The average molecular weight is 291 g/mol. The summed E-state index contributed by atoms with van der Waals surface area (Å²) in [6.07, 6.45) is 1.70. The third kappa shape index (κ3) is 3.61. The molecule has 1 fully saturated rings. The van der Waals surface area contributed by atoms with E-state index in [9.17, 15) is 9.59 Å². The third-order valence-electron chi connectivity index (χ3n) is 4.03. The van der Waals surface area contributed by atoms with E-state index < -0.39 is 17.3 Å². The zero-order valence-electron chi connectivity index (χ0n) is 12.4. The molecule has 1 heterocycles. The third-order valence-corrected chi connectivity index (χ3v) is 4.03. The molecule has 1 amide bonds. The Morgan fingerprint density at radius 2 is 2.00 bits per heavy atom. The van der Waals surface area contributed by atoms with Gasteiger partial charge in [-0.05, 0) is 44.4 Å². The number of amides is 1. The Kier molecular flexibility index (Phi) is 4.63. The fourth-order valence-electron chi connectivity index (χ4n) is 2.39. The van der Waals surface area contributed by atoms with Gasteiger partial charge in [0, 0.05) is 12.3 Å². The largest absolute Gasteiger partial charge is 0.481 e. The van der Waals surface area contributed by atoms with Crippen molar-refractivity contribution in [1.29, 1.82) is 0 Å². The quantitative estimate of drug-likeness (QED) is 0.894. The zero-order valence-corrected chi connectivity index (χ0v) is 12.4. The molecule has 0 aliphatic carbocycles. The van der Waals surface area contributed by atoms with Crippen LogP contribution in [-0.2, 0) is 14.3 Å². The Labute approximate surface area is 124 Å². The van der Waals surface area contributed by atoms with Crippen LogP contribution in [0.1, 0.15) is 38.2 Å². The van der Waals surface area contributed by atoms with Gasteiger partial charge in [0.2, 0.25) is 5.91 Å². The molecule has 5 nitrogen and oxygen atoms in total.